The largest absolute Gasteiger partial charge is 0.416 e. The van der Waals surface area contributed by atoms with E-state index < -0.39 is 23.6 Å². The lowest BCUT2D eigenvalue weighted by atomic mass is 9.75. The first-order chi connectivity index (χ1) is 17.3. The molecular weight excluding hydrogens is 489 g/mol. The summed E-state index contributed by atoms with van der Waals surface area (Å²) in [4.78, 5) is 32.5. The molecule has 3 aromatic rings. The standard InChI is InChI=1S/C26H21F3N4O2S/c27-26(28,29)16-8-4-9-17(14-16)33-18-10-5-11-19(34)21(18)20(15-6-2-1-3-7-15)22(23(33)30)24(35)32-25-31-12-13-36-25/h1-4,6-9,12-14,20H,5,10-11,30H2,(H,31,32,35)/t20-/m1/s1. The normalized spacial score (nSPS) is 18.4. The van der Waals surface area contributed by atoms with Crippen molar-refractivity contribution in [3.63, 3.8) is 0 Å². The van der Waals surface area contributed by atoms with Gasteiger partial charge in [-0.05, 0) is 36.6 Å². The number of Topliss-reactive ketones (excluding diaryl/α,β-unsaturated/α-hetero) is 1. The van der Waals surface area contributed by atoms with Crippen LogP contribution in [0.25, 0.3) is 0 Å². The third-order valence-electron chi connectivity index (χ3n) is 6.25. The number of amides is 1. The first-order valence-corrected chi connectivity index (χ1v) is 12.1. The quantitative estimate of drug-likeness (QED) is 0.478. The summed E-state index contributed by atoms with van der Waals surface area (Å²) in [6, 6.07) is 13.8. The third kappa shape index (κ3) is 4.28. The zero-order valence-electron chi connectivity index (χ0n) is 18.9. The van der Waals surface area contributed by atoms with Gasteiger partial charge in [0.05, 0.1) is 11.1 Å². The number of alkyl halides is 3. The molecule has 10 heteroatoms. The highest BCUT2D eigenvalue weighted by atomic mass is 32.1. The summed E-state index contributed by atoms with van der Waals surface area (Å²) in [5.41, 5.74) is 7.58. The lowest BCUT2D eigenvalue weighted by molar-refractivity contribution is -0.137. The van der Waals surface area contributed by atoms with Gasteiger partial charge < -0.3 is 5.73 Å². The van der Waals surface area contributed by atoms with Crippen molar-refractivity contribution in [1.82, 2.24) is 4.98 Å². The number of allylic oxidation sites excluding steroid dienone is 2. The maximum absolute atomic E-state index is 13.6. The van der Waals surface area contributed by atoms with Crippen molar-refractivity contribution in [2.24, 2.45) is 5.73 Å². The number of halogens is 3. The van der Waals surface area contributed by atoms with Crippen molar-refractivity contribution in [2.45, 2.75) is 31.4 Å². The number of rotatable bonds is 4. The van der Waals surface area contributed by atoms with Crippen LogP contribution in [0.4, 0.5) is 24.0 Å². The average Bonchev–Trinajstić information content (AvgIpc) is 3.36. The van der Waals surface area contributed by atoms with Crippen molar-refractivity contribution >= 4 is 33.8 Å². The van der Waals surface area contributed by atoms with Gasteiger partial charge in [0.15, 0.2) is 10.9 Å². The van der Waals surface area contributed by atoms with Gasteiger partial charge in [0.2, 0.25) is 0 Å². The van der Waals surface area contributed by atoms with Crippen molar-refractivity contribution in [3.05, 3.63) is 100.0 Å². The highest BCUT2D eigenvalue weighted by Gasteiger charge is 2.43. The zero-order chi connectivity index (χ0) is 25.4. The van der Waals surface area contributed by atoms with Crippen LogP contribution >= 0.6 is 11.3 Å². The first kappa shape index (κ1) is 23.8. The molecule has 0 spiro atoms. The van der Waals surface area contributed by atoms with Crippen molar-refractivity contribution in [2.75, 3.05) is 10.2 Å². The second-order valence-corrected chi connectivity index (χ2v) is 9.35. The molecule has 1 aliphatic heterocycles. The number of nitrogens with zero attached hydrogens (tertiary/aromatic N) is 2. The van der Waals surface area contributed by atoms with E-state index in [9.17, 15) is 22.8 Å². The number of hydrogen-bond acceptors (Lipinski definition) is 6. The third-order valence-corrected chi connectivity index (χ3v) is 6.94. The van der Waals surface area contributed by atoms with Crippen LogP contribution in [0, 0.1) is 0 Å². The Bertz CT molecular complexity index is 1380. The Morgan fingerprint density at radius 2 is 1.89 bits per heavy atom. The van der Waals surface area contributed by atoms with Crippen LogP contribution in [0.1, 0.15) is 36.3 Å². The van der Waals surface area contributed by atoms with Crippen LogP contribution < -0.4 is 16.0 Å². The number of anilines is 2. The van der Waals surface area contributed by atoms with Gasteiger partial charge in [-0.2, -0.15) is 13.2 Å². The fourth-order valence-electron chi connectivity index (χ4n) is 4.76. The van der Waals surface area contributed by atoms with Gasteiger partial charge in [-0.1, -0.05) is 36.4 Å². The predicted octanol–water partition coefficient (Wildman–Crippen LogP) is 5.58. The minimum Gasteiger partial charge on any atom is -0.384 e. The molecule has 1 aromatic heterocycles. The molecule has 0 fully saturated rings. The molecule has 36 heavy (non-hydrogen) atoms. The molecule has 1 aliphatic carbocycles. The molecule has 1 amide bonds. The smallest absolute Gasteiger partial charge is 0.384 e. The minimum absolute atomic E-state index is 0.0225. The molecule has 0 bridgehead atoms. The fraction of sp³-hybridized carbons (Fsp3) is 0.192. The second kappa shape index (κ2) is 9.27. The Labute approximate surface area is 208 Å². The molecule has 184 valence electrons. The van der Waals surface area contributed by atoms with Crippen LogP contribution in [0.15, 0.2) is 88.8 Å². The summed E-state index contributed by atoms with van der Waals surface area (Å²) in [5.74, 6) is -1.52. The molecule has 5 rings (SSSR count). The van der Waals surface area contributed by atoms with Gasteiger partial charge in [-0.3, -0.25) is 19.8 Å². The number of thiazole rings is 1. The minimum atomic E-state index is -4.57. The van der Waals surface area contributed by atoms with Gasteiger partial charge in [0, 0.05) is 40.9 Å². The molecule has 2 heterocycles. The average molecular weight is 511 g/mol. The molecule has 2 aliphatic rings. The number of hydrogen-bond donors (Lipinski definition) is 2. The molecule has 6 nitrogen and oxygen atoms in total. The number of nitrogens with two attached hydrogens (primary N) is 1. The van der Waals surface area contributed by atoms with Gasteiger partial charge in [-0.25, -0.2) is 4.98 Å². The molecular formula is C26H21F3N4O2S. The fourth-order valence-corrected chi connectivity index (χ4v) is 5.28. The summed E-state index contributed by atoms with van der Waals surface area (Å²) >= 11 is 1.21. The highest BCUT2D eigenvalue weighted by molar-refractivity contribution is 7.13. The van der Waals surface area contributed by atoms with Crippen LogP contribution in [0.2, 0.25) is 0 Å². The van der Waals surface area contributed by atoms with E-state index in [0.717, 1.165) is 12.1 Å². The Morgan fingerprint density at radius 1 is 1.11 bits per heavy atom. The van der Waals surface area contributed by atoms with Crippen LogP contribution in [0.5, 0.6) is 0 Å². The SMILES string of the molecule is NC1=C(C(=O)Nc2nccs2)[C@H](c2ccccc2)C2=C(CCCC2=O)N1c1cccc(C(F)(F)F)c1. The summed E-state index contributed by atoms with van der Waals surface area (Å²) < 4.78 is 40.6. The molecule has 0 saturated heterocycles. The van der Waals surface area contributed by atoms with E-state index in [4.69, 9.17) is 5.73 Å². The van der Waals surface area contributed by atoms with E-state index >= 15 is 0 Å². The topological polar surface area (TPSA) is 88.3 Å². The molecule has 3 N–H and O–H groups in total. The Hall–Kier alpha value is -3.92. The molecule has 2 aromatic carbocycles. The Morgan fingerprint density at radius 3 is 2.58 bits per heavy atom. The van der Waals surface area contributed by atoms with Gasteiger partial charge in [0.25, 0.3) is 5.91 Å². The van der Waals surface area contributed by atoms with E-state index in [2.05, 4.69) is 10.3 Å². The first-order valence-electron chi connectivity index (χ1n) is 11.2. The predicted molar refractivity (Wildman–Crippen MR) is 131 cm³/mol. The zero-order valence-corrected chi connectivity index (χ0v) is 19.7. The van der Waals surface area contributed by atoms with Crippen LogP contribution in [0.3, 0.4) is 0 Å². The second-order valence-electron chi connectivity index (χ2n) is 8.45. The lowest BCUT2D eigenvalue weighted by Crippen LogP contribution is -2.41. The van der Waals surface area contributed by atoms with Crippen molar-refractivity contribution in [1.29, 1.82) is 0 Å². The summed E-state index contributed by atoms with van der Waals surface area (Å²) in [6.07, 6.45) is -1.79. The van der Waals surface area contributed by atoms with E-state index in [1.807, 2.05) is 6.07 Å². The van der Waals surface area contributed by atoms with E-state index in [1.165, 1.54) is 34.6 Å². The van der Waals surface area contributed by atoms with E-state index in [-0.39, 0.29) is 29.3 Å². The molecule has 0 unspecified atom stereocenters. The molecule has 1 atom stereocenters. The highest BCUT2D eigenvalue weighted by Crippen LogP contribution is 2.47. The maximum Gasteiger partial charge on any atom is 0.416 e. The summed E-state index contributed by atoms with van der Waals surface area (Å²) in [6.45, 7) is 0. The van der Waals surface area contributed by atoms with E-state index in [1.54, 1.807) is 29.6 Å². The van der Waals surface area contributed by atoms with Crippen molar-refractivity contribution < 1.29 is 22.8 Å². The number of benzene rings is 2. The number of ketones is 1. The number of carbonyl (C=O) groups is 2. The van der Waals surface area contributed by atoms with Gasteiger partial charge >= 0.3 is 6.18 Å². The van der Waals surface area contributed by atoms with Gasteiger partial charge in [-0.15, -0.1) is 11.3 Å². The van der Waals surface area contributed by atoms with Crippen LogP contribution in [-0.4, -0.2) is 16.7 Å². The number of nitrogens with one attached hydrogen (secondary N) is 1. The van der Waals surface area contributed by atoms with Crippen LogP contribution in [-0.2, 0) is 15.8 Å². The monoisotopic (exact) mass is 510 g/mol. The summed E-state index contributed by atoms with van der Waals surface area (Å²) in [5, 5.41) is 4.77. The Kier molecular flexibility index (Phi) is 6.13. The molecule has 0 saturated carbocycles. The van der Waals surface area contributed by atoms with E-state index in [0.29, 0.717) is 34.8 Å². The lowest BCUT2D eigenvalue weighted by Gasteiger charge is -2.41. The summed E-state index contributed by atoms with van der Waals surface area (Å²) in [7, 11) is 0. The maximum atomic E-state index is 13.6. The molecule has 0 radical (unpaired) electrons. The Balaban J connectivity index is 1.73. The number of aromatic nitrogens is 1. The van der Waals surface area contributed by atoms with Crippen molar-refractivity contribution in [3.8, 4) is 0 Å². The van der Waals surface area contributed by atoms with Gasteiger partial charge in [0.1, 0.15) is 5.82 Å². The number of carbonyl (C=O) groups excluding carboxylic acids is 2.